The monoisotopic (exact) mass is 224 g/mol. The van der Waals surface area contributed by atoms with Crippen molar-refractivity contribution in [1.29, 1.82) is 0 Å². The fourth-order valence-electron chi connectivity index (χ4n) is 3.28. The minimum Gasteiger partial charge on any atom is -0.341 e. The maximum absolute atomic E-state index is 11.5. The average molecular weight is 224 g/mol. The molecule has 1 saturated carbocycles. The van der Waals surface area contributed by atoms with E-state index in [1.807, 2.05) is 11.9 Å². The van der Waals surface area contributed by atoms with E-state index in [1.165, 1.54) is 51.6 Å². The highest BCUT2D eigenvalue weighted by Gasteiger charge is 2.34. The van der Waals surface area contributed by atoms with Gasteiger partial charge in [-0.1, -0.05) is 12.8 Å². The molecular formula is C13H24N2O. The first-order valence-electron chi connectivity index (χ1n) is 6.67. The van der Waals surface area contributed by atoms with Crippen LogP contribution in [0.4, 0.5) is 0 Å². The van der Waals surface area contributed by atoms with Gasteiger partial charge >= 0.3 is 0 Å². The molecule has 0 radical (unpaired) electrons. The van der Waals surface area contributed by atoms with Gasteiger partial charge in [-0.15, -0.1) is 0 Å². The highest BCUT2D eigenvalue weighted by Crippen LogP contribution is 2.28. The van der Waals surface area contributed by atoms with Crippen LogP contribution in [-0.4, -0.2) is 47.9 Å². The van der Waals surface area contributed by atoms with E-state index in [-0.39, 0.29) is 5.91 Å². The fraction of sp³-hybridized carbons (Fsp3) is 0.923. The molecule has 0 unspecified atom stereocenters. The Balaban J connectivity index is 2.03. The fourth-order valence-corrected chi connectivity index (χ4v) is 3.28. The van der Waals surface area contributed by atoms with E-state index in [9.17, 15) is 4.79 Å². The predicted octanol–water partition coefficient (Wildman–Crippen LogP) is 1.87. The molecule has 3 nitrogen and oxygen atoms in total. The number of carbonyl (C=O) groups is 1. The van der Waals surface area contributed by atoms with Gasteiger partial charge in [-0.05, 0) is 38.8 Å². The Kier molecular flexibility index (Phi) is 3.85. The van der Waals surface area contributed by atoms with E-state index in [0.29, 0.717) is 12.1 Å². The molecule has 2 aliphatic rings. The van der Waals surface area contributed by atoms with Crippen LogP contribution >= 0.6 is 0 Å². The van der Waals surface area contributed by atoms with E-state index >= 15 is 0 Å². The molecule has 1 aliphatic carbocycles. The molecule has 1 amide bonds. The summed E-state index contributed by atoms with van der Waals surface area (Å²) >= 11 is 0. The van der Waals surface area contributed by atoms with Gasteiger partial charge in [0.1, 0.15) is 0 Å². The summed E-state index contributed by atoms with van der Waals surface area (Å²) < 4.78 is 0. The minimum absolute atomic E-state index is 0.219. The van der Waals surface area contributed by atoms with Gasteiger partial charge in [-0.25, -0.2) is 0 Å². The van der Waals surface area contributed by atoms with Crippen molar-refractivity contribution in [2.75, 3.05) is 20.1 Å². The molecule has 0 aromatic heterocycles. The van der Waals surface area contributed by atoms with Crippen LogP contribution in [0.15, 0.2) is 0 Å². The third-order valence-electron chi connectivity index (χ3n) is 4.30. The van der Waals surface area contributed by atoms with Crippen LogP contribution in [0.2, 0.25) is 0 Å². The van der Waals surface area contributed by atoms with Crippen LogP contribution in [-0.2, 0) is 4.79 Å². The second-order valence-electron chi connectivity index (χ2n) is 5.29. The lowest BCUT2D eigenvalue weighted by atomic mass is 9.88. The van der Waals surface area contributed by atoms with E-state index in [2.05, 4.69) is 4.90 Å². The third kappa shape index (κ3) is 2.40. The molecule has 0 aromatic rings. The first-order chi connectivity index (χ1) is 7.70. The highest BCUT2D eigenvalue weighted by atomic mass is 16.2. The molecule has 0 N–H and O–H groups in total. The van der Waals surface area contributed by atoms with Crippen LogP contribution in [0, 0.1) is 0 Å². The molecule has 0 spiro atoms. The van der Waals surface area contributed by atoms with Crippen LogP contribution in [0.25, 0.3) is 0 Å². The summed E-state index contributed by atoms with van der Waals surface area (Å²) in [5.41, 5.74) is 0. The number of hydrogen-bond acceptors (Lipinski definition) is 2. The maximum atomic E-state index is 11.5. The molecule has 0 bridgehead atoms. The lowest BCUT2D eigenvalue weighted by Gasteiger charge is -2.42. The normalized spacial score (nSPS) is 31.6. The number of hydrogen-bond donors (Lipinski definition) is 0. The average Bonchev–Trinajstić information content (AvgIpc) is 2.81. The van der Waals surface area contributed by atoms with Gasteiger partial charge in [-0.2, -0.15) is 0 Å². The van der Waals surface area contributed by atoms with Crippen molar-refractivity contribution in [2.24, 2.45) is 0 Å². The summed E-state index contributed by atoms with van der Waals surface area (Å²) in [7, 11) is 1.97. The summed E-state index contributed by atoms with van der Waals surface area (Å²) in [6.07, 6.45) is 7.77. The number of likely N-dealkylation sites (N-methyl/N-ethyl adjacent to an activating group) is 1. The second-order valence-corrected chi connectivity index (χ2v) is 5.29. The molecule has 1 heterocycles. The van der Waals surface area contributed by atoms with Crippen LogP contribution in [0.5, 0.6) is 0 Å². The summed E-state index contributed by atoms with van der Waals surface area (Å²) in [5, 5.41) is 0. The lowest BCUT2D eigenvalue weighted by Crippen LogP contribution is -2.52. The Morgan fingerprint density at radius 1 is 1.12 bits per heavy atom. The Morgan fingerprint density at radius 2 is 1.75 bits per heavy atom. The van der Waals surface area contributed by atoms with Crippen molar-refractivity contribution in [3.8, 4) is 0 Å². The van der Waals surface area contributed by atoms with Crippen LogP contribution in [0.1, 0.15) is 45.4 Å². The summed E-state index contributed by atoms with van der Waals surface area (Å²) in [6, 6.07) is 1.09. The smallest absolute Gasteiger partial charge is 0.219 e. The van der Waals surface area contributed by atoms with E-state index in [0.717, 1.165) is 0 Å². The highest BCUT2D eigenvalue weighted by molar-refractivity contribution is 5.73. The summed E-state index contributed by atoms with van der Waals surface area (Å²) in [5.74, 6) is 0.219. The lowest BCUT2D eigenvalue weighted by molar-refractivity contribution is -0.131. The first kappa shape index (κ1) is 11.9. The van der Waals surface area contributed by atoms with Crippen molar-refractivity contribution < 1.29 is 4.79 Å². The topological polar surface area (TPSA) is 23.6 Å². The molecule has 2 atom stereocenters. The van der Waals surface area contributed by atoms with Gasteiger partial charge in [0.15, 0.2) is 0 Å². The predicted molar refractivity (Wildman–Crippen MR) is 65.3 cm³/mol. The first-order valence-corrected chi connectivity index (χ1v) is 6.67. The summed E-state index contributed by atoms with van der Waals surface area (Å²) in [6.45, 7) is 4.18. The van der Waals surface area contributed by atoms with Crippen molar-refractivity contribution in [2.45, 2.75) is 57.5 Å². The van der Waals surface area contributed by atoms with Crippen molar-refractivity contribution >= 4 is 5.91 Å². The van der Waals surface area contributed by atoms with Crippen molar-refractivity contribution in [3.05, 3.63) is 0 Å². The molecule has 2 rings (SSSR count). The van der Waals surface area contributed by atoms with E-state index < -0.39 is 0 Å². The van der Waals surface area contributed by atoms with Gasteiger partial charge in [-0.3, -0.25) is 9.69 Å². The standard InChI is InChI=1S/C13H24N2O/c1-11(16)14(2)12-7-3-4-8-13(12)15-9-5-6-10-15/h12-13H,3-10H2,1-2H3/t12-,13-/m0/s1. The summed E-state index contributed by atoms with van der Waals surface area (Å²) in [4.78, 5) is 16.1. The van der Waals surface area contributed by atoms with Gasteiger partial charge in [0.25, 0.3) is 0 Å². The molecule has 0 aromatic carbocycles. The number of likely N-dealkylation sites (tertiary alicyclic amines) is 1. The third-order valence-corrected chi connectivity index (χ3v) is 4.30. The van der Waals surface area contributed by atoms with Gasteiger partial charge in [0.05, 0.1) is 0 Å². The molecule has 1 saturated heterocycles. The maximum Gasteiger partial charge on any atom is 0.219 e. The molecule has 1 aliphatic heterocycles. The van der Waals surface area contributed by atoms with Gasteiger partial charge < -0.3 is 4.90 Å². The van der Waals surface area contributed by atoms with E-state index in [1.54, 1.807) is 6.92 Å². The van der Waals surface area contributed by atoms with Crippen LogP contribution < -0.4 is 0 Å². The zero-order chi connectivity index (χ0) is 11.5. The van der Waals surface area contributed by atoms with Crippen molar-refractivity contribution in [3.63, 3.8) is 0 Å². The number of rotatable bonds is 2. The zero-order valence-electron chi connectivity index (χ0n) is 10.6. The molecule has 16 heavy (non-hydrogen) atoms. The van der Waals surface area contributed by atoms with Crippen molar-refractivity contribution in [1.82, 2.24) is 9.80 Å². The Morgan fingerprint density at radius 3 is 2.38 bits per heavy atom. The van der Waals surface area contributed by atoms with Gasteiger partial charge in [0.2, 0.25) is 5.91 Å². The quantitative estimate of drug-likeness (QED) is 0.715. The Labute approximate surface area is 98.8 Å². The van der Waals surface area contributed by atoms with Gasteiger partial charge in [0, 0.05) is 26.1 Å². The Hall–Kier alpha value is -0.570. The second kappa shape index (κ2) is 5.17. The minimum atomic E-state index is 0.219. The molecule has 92 valence electrons. The van der Waals surface area contributed by atoms with E-state index in [4.69, 9.17) is 0 Å². The van der Waals surface area contributed by atoms with Crippen LogP contribution in [0.3, 0.4) is 0 Å². The number of carbonyl (C=O) groups excluding carboxylic acids is 1. The Bertz CT molecular complexity index is 248. The number of amides is 1. The SMILES string of the molecule is CC(=O)N(C)[C@H]1CCCC[C@@H]1N1CCCC1. The number of nitrogens with zero attached hydrogens (tertiary/aromatic N) is 2. The molecular weight excluding hydrogens is 200 g/mol. The largest absolute Gasteiger partial charge is 0.341 e. The molecule has 3 heteroatoms. The molecule has 2 fully saturated rings. The zero-order valence-corrected chi connectivity index (χ0v) is 10.6.